The fraction of sp³-hybridized carbons (Fsp3) is 0.179. The maximum Gasteiger partial charge on any atom is 0.0703 e. The first-order valence-electron chi connectivity index (χ1n) is 15.4. The summed E-state index contributed by atoms with van der Waals surface area (Å²) >= 11 is 0. The van der Waals surface area contributed by atoms with Crippen molar-refractivity contribution in [2.24, 2.45) is 20.0 Å². The molecule has 5 heterocycles. The molecule has 0 saturated heterocycles. The average Bonchev–Trinajstić information content (AvgIpc) is 3.86. The van der Waals surface area contributed by atoms with Crippen LogP contribution in [0.1, 0.15) is 50.2 Å². The first-order chi connectivity index (χ1) is 21.2. The first kappa shape index (κ1) is 25.7. The second kappa shape index (κ2) is 10.4. The molecule has 0 aromatic heterocycles. The lowest BCUT2D eigenvalue weighted by molar-refractivity contribution is 0.520. The van der Waals surface area contributed by atoms with E-state index < -0.39 is 0 Å². The van der Waals surface area contributed by atoms with Gasteiger partial charge < -0.3 is 0 Å². The molecule has 0 radical (unpaired) electrons. The molecule has 2 aromatic carbocycles. The van der Waals surface area contributed by atoms with Crippen LogP contribution in [-0.2, 0) is 5.41 Å². The van der Waals surface area contributed by atoms with Gasteiger partial charge in [-0.1, -0.05) is 81.1 Å². The zero-order valence-corrected chi connectivity index (χ0v) is 24.3. The maximum absolute atomic E-state index is 5.27. The summed E-state index contributed by atoms with van der Waals surface area (Å²) in [5, 5.41) is 0. The van der Waals surface area contributed by atoms with Crippen LogP contribution in [-0.4, -0.2) is 22.8 Å². The number of hydrogen-bond acceptors (Lipinski definition) is 4. The Kier molecular flexibility index (Phi) is 6.22. The van der Waals surface area contributed by atoms with E-state index in [0.29, 0.717) is 0 Å². The topological polar surface area (TPSA) is 49.4 Å². The summed E-state index contributed by atoms with van der Waals surface area (Å²) in [5.74, 6) is 0. The number of aliphatic imine (C=N–C) groups is 4. The predicted octanol–water partition coefficient (Wildman–Crippen LogP) is 8.89. The van der Waals surface area contributed by atoms with Gasteiger partial charge in [0.1, 0.15) is 0 Å². The van der Waals surface area contributed by atoms with Gasteiger partial charge in [-0.15, -0.1) is 0 Å². The van der Waals surface area contributed by atoms with Crippen molar-refractivity contribution in [2.75, 3.05) is 0 Å². The lowest BCUT2D eigenvalue weighted by atomic mass is 9.67. The molecular weight excluding hydrogens is 524 g/mol. The van der Waals surface area contributed by atoms with Crippen molar-refractivity contribution in [3.05, 3.63) is 155 Å². The minimum atomic E-state index is -0.302. The van der Waals surface area contributed by atoms with Crippen LogP contribution in [0.3, 0.4) is 0 Å². The van der Waals surface area contributed by atoms with E-state index in [1.54, 1.807) is 0 Å². The third kappa shape index (κ3) is 4.45. The Morgan fingerprint density at radius 3 is 1.63 bits per heavy atom. The van der Waals surface area contributed by atoms with Gasteiger partial charge in [0.2, 0.25) is 0 Å². The zero-order chi connectivity index (χ0) is 28.8. The Labute approximate surface area is 252 Å². The molecule has 6 aliphatic rings. The monoisotopic (exact) mass is 556 g/mol. The van der Waals surface area contributed by atoms with E-state index in [2.05, 4.69) is 91.9 Å². The van der Waals surface area contributed by atoms with Crippen molar-refractivity contribution in [2.45, 2.75) is 44.4 Å². The van der Waals surface area contributed by atoms with Crippen LogP contribution < -0.4 is 0 Å². The van der Waals surface area contributed by atoms with E-state index in [1.807, 2.05) is 30.4 Å². The SMILES string of the molecule is CCCCCCC1(C2=CC3=CC4=NC(=CC5=NC(=CC6=NC(=CC2=N3)C=C6)C=C5)C=C4)c2ccccc2-c2ccccc21. The molecule has 43 heavy (non-hydrogen) atoms. The maximum atomic E-state index is 5.27. The summed E-state index contributed by atoms with van der Waals surface area (Å²) in [4.78, 5) is 19.9. The van der Waals surface area contributed by atoms with E-state index >= 15 is 0 Å². The molecule has 0 fully saturated rings. The summed E-state index contributed by atoms with van der Waals surface area (Å²) in [6.45, 7) is 2.28. The fourth-order valence-corrected chi connectivity index (χ4v) is 7.08. The number of nitrogens with zero attached hydrogens (tertiary/aromatic N) is 4. The molecule has 208 valence electrons. The van der Waals surface area contributed by atoms with Gasteiger partial charge in [-0.05, 0) is 101 Å². The van der Waals surface area contributed by atoms with E-state index in [1.165, 1.54) is 47.1 Å². The Balaban J connectivity index is 1.33. The number of fused-ring (bicyclic) bond motifs is 7. The predicted molar refractivity (Wildman–Crippen MR) is 179 cm³/mol. The van der Waals surface area contributed by atoms with Crippen LogP contribution in [0.2, 0.25) is 0 Å². The molecule has 5 aliphatic heterocycles. The molecule has 0 N–H and O–H groups in total. The molecule has 4 nitrogen and oxygen atoms in total. The highest BCUT2D eigenvalue weighted by Crippen LogP contribution is 2.56. The quantitative estimate of drug-likeness (QED) is 0.319. The van der Waals surface area contributed by atoms with Crippen LogP contribution in [0.4, 0.5) is 0 Å². The third-order valence-corrected chi connectivity index (χ3v) is 8.97. The zero-order valence-electron chi connectivity index (χ0n) is 24.3. The van der Waals surface area contributed by atoms with Gasteiger partial charge in [0, 0.05) is 5.41 Å². The molecule has 8 bridgehead atoms. The normalized spacial score (nSPS) is 20.0. The molecule has 0 spiro atoms. The number of hydrogen-bond donors (Lipinski definition) is 0. The minimum absolute atomic E-state index is 0.302. The Bertz CT molecular complexity index is 1900. The summed E-state index contributed by atoms with van der Waals surface area (Å²) in [7, 11) is 0. The summed E-state index contributed by atoms with van der Waals surface area (Å²) in [5.41, 5.74) is 13.6. The van der Waals surface area contributed by atoms with Gasteiger partial charge >= 0.3 is 0 Å². The standard InChI is InChI=1S/C39H32N4/c1-2-3-4-9-20-39(35-12-7-5-10-33(35)34-11-6-8-13-36(34)39)37-24-32-23-30-17-16-28(41-30)21-26-14-15-27(40-26)22-29-18-19-31(42-29)25-38(37)43-32/h5-8,10-19,21-25H,2-4,9,20H2,1H3. The molecular formula is C39H32N4. The molecule has 4 heteroatoms. The smallest absolute Gasteiger partial charge is 0.0703 e. The number of unbranched alkanes of at least 4 members (excludes halogenated alkanes) is 3. The van der Waals surface area contributed by atoms with Crippen molar-refractivity contribution in [1.29, 1.82) is 0 Å². The Hall–Kier alpha value is -4.96. The largest absolute Gasteiger partial charge is 0.249 e. The Morgan fingerprint density at radius 1 is 0.512 bits per heavy atom. The second-order valence-corrected chi connectivity index (χ2v) is 11.7. The van der Waals surface area contributed by atoms with Crippen molar-refractivity contribution in [3.8, 4) is 11.1 Å². The lowest BCUT2D eigenvalue weighted by Crippen LogP contribution is -2.31. The van der Waals surface area contributed by atoms with Gasteiger partial charge in [0.25, 0.3) is 0 Å². The summed E-state index contributed by atoms with van der Waals surface area (Å²) in [6.07, 6.45) is 28.7. The van der Waals surface area contributed by atoms with Crippen molar-refractivity contribution < 1.29 is 0 Å². The molecule has 0 atom stereocenters. The average molecular weight is 557 g/mol. The molecule has 0 saturated carbocycles. The van der Waals surface area contributed by atoms with Crippen LogP contribution in [0.15, 0.2) is 164 Å². The van der Waals surface area contributed by atoms with E-state index in [9.17, 15) is 0 Å². The van der Waals surface area contributed by atoms with E-state index in [0.717, 1.165) is 58.5 Å². The van der Waals surface area contributed by atoms with Crippen molar-refractivity contribution in [3.63, 3.8) is 0 Å². The highest BCUT2D eigenvalue weighted by molar-refractivity contribution is 6.18. The lowest BCUT2D eigenvalue weighted by Gasteiger charge is -2.34. The van der Waals surface area contributed by atoms with E-state index in [-0.39, 0.29) is 5.41 Å². The minimum Gasteiger partial charge on any atom is -0.249 e. The fourth-order valence-electron chi connectivity index (χ4n) is 7.08. The molecule has 0 amide bonds. The van der Waals surface area contributed by atoms with Gasteiger partial charge in [-0.2, -0.15) is 0 Å². The van der Waals surface area contributed by atoms with Crippen LogP contribution >= 0.6 is 0 Å². The van der Waals surface area contributed by atoms with Crippen molar-refractivity contribution in [1.82, 2.24) is 0 Å². The molecule has 8 rings (SSSR count). The summed E-state index contributed by atoms with van der Waals surface area (Å²) < 4.78 is 0. The third-order valence-electron chi connectivity index (χ3n) is 8.97. The van der Waals surface area contributed by atoms with Crippen LogP contribution in [0, 0.1) is 0 Å². The van der Waals surface area contributed by atoms with Crippen LogP contribution in [0.25, 0.3) is 11.1 Å². The van der Waals surface area contributed by atoms with Crippen molar-refractivity contribution >= 4 is 22.8 Å². The summed E-state index contributed by atoms with van der Waals surface area (Å²) in [6, 6.07) is 17.9. The number of rotatable bonds is 6. The van der Waals surface area contributed by atoms with Crippen LogP contribution in [0.5, 0.6) is 0 Å². The number of allylic oxidation sites excluding steroid dienone is 12. The second-order valence-electron chi connectivity index (χ2n) is 11.7. The van der Waals surface area contributed by atoms with Gasteiger partial charge in [0.05, 0.1) is 45.6 Å². The van der Waals surface area contributed by atoms with E-state index in [4.69, 9.17) is 20.0 Å². The first-order valence-corrected chi connectivity index (χ1v) is 15.4. The molecule has 1 aliphatic carbocycles. The van der Waals surface area contributed by atoms with Gasteiger partial charge in [-0.25, -0.2) is 20.0 Å². The number of benzene rings is 2. The van der Waals surface area contributed by atoms with Gasteiger partial charge in [-0.3, -0.25) is 0 Å². The molecule has 2 aromatic rings. The Morgan fingerprint density at radius 2 is 1.05 bits per heavy atom. The van der Waals surface area contributed by atoms with Gasteiger partial charge in [0.15, 0.2) is 0 Å². The molecule has 0 unspecified atom stereocenters. The highest BCUT2D eigenvalue weighted by Gasteiger charge is 2.47. The highest BCUT2D eigenvalue weighted by atomic mass is 14.8.